The van der Waals surface area contributed by atoms with Crippen molar-refractivity contribution in [1.82, 2.24) is 5.32 Å². The van der Waals surface area contributed by atoms with E-state index in [9.17, 15) is 8.42 Å². The van der Waals surface area contributed by atoms with Crippen LogP contribution in [0.5, 0.6) is 0 Å². The van der Waals surface area contributed by atoms with E-state index in [-0.39, 0.29) is 23.6 Å². The summed E-state index contributed by atoms with van der Waals surface area (Å²) >= 11 is 0. The van der Waals surface area contributed by atoms with Crippen LogP contribution in [0.3, 0.4) is 0 Å². The SMILES string of the molecule is CCCC(COC)NC(C)CS(=O)(=O)CC. The first-order valence-corrected chi connectivity index (χ1v) is 7.72. The zero-order chi connectivity index (χ0) is 12.6. The second-order valence-corrected chi connectivity index (χ2v) is 6.61. The van der Waals surface area contributed by atoms with Gasteiger partial charge in [0.25, 0.3) is 0 Å². The zero-order valence-electron chi connectivity index (χ0n) is 10.8. The summed E-state index contributed by atoms with van der Waals surface area (Å²) < 4.78 is 28.0. The molecule has 0 amide bonds. The van der Waals surface area contributed by atoms with Gasteiger partial charge in [-0.05, 0) is 13.3 Å². The first-order valence-electron chi connectivity index (χ1n) is 5.90. The third-order valence-electron chi connectivity index (χ3n) is 2.47. The molecule has 5 heteroatoms. The molecule has 16 heavy (non-hydrogen) atoms. The Kier molecular flexibility index (Phi) is 7.97. The number of ether oxygens (including phenoxy) is 1. The first kappa shape index (κ1) is 15.9. The Hall–Kier alpha value is -0.130. The Balaban J connectivity index is 4.13. The Bertz CT molecular complexity index is 258. The van der Waals surface area contributed by atoms with Crippen molar-refractivity contribution >= 4 is 9.84 Å². The molecular weight excluding hydrogens is 226 g/mol. The molecule has 0 saturated carbocycles. The van der Waals surface area contributed by atoms with Gasteiger partial charge in [0.2, 0.25) is 0 Å². The van der Waals surface area contributed by atoms with Crippen LogP contribution in [0.2, 0.25) is 0 Å². The van der Waals surface area contributed by atoms with E-state index in [2.05, 4.69) is 12.2 Å². The van der Waals surface area contributed by atoms with Crippen molar-refractivity contribution in [2.45, 2.75) is 45.7 Å². The number of methoxy groups -OCH3 is 1. The van der Waals surface area contributed by atoms with E-state index in [0.717, 1.165) is 12.8 Å². The van der Waals surface area contributed by atoms with Crippen LogP contribution in [0.25, 0.3) is 0 Å². The summed E-state index contributed by atoms with van der Waals surface area (Å²) in [5.41, 5.74) is 0. The maximum absolute atomic E-state index is 11.4. The molecule has 0 heterocycles. The summed E-state index contributed by atoms with van der Waals surface area (Å²) in [4.78, 5) is 0. The van der Waals surface area contributed by atoms with Gasteiger partial charge in [-0.25, -0.2) is 8.42 Å². The van der Waals surface area contributed by atoms with Gasteiger partial charge >= 0.3 is 0 Å². The van der Waals surface area contributed by atoms with E-state index in [0.29, 0.717) is 6.61 Å². The van der Waals surface area contributed by atoms with Gasteiger partial charge in [-0.15, -0.1) is 0 Å². The van der Waals surface area contributed by atoms with Gasteiger partial charge in [0.1, 0.15) is 0 Å². The largest absolute Gasteiger partial charge is 0.383 e. The van der Waals surface area contributed by atoms with Crippen LogP contribution in [0.15, 0.2) is 0 Å². The predicted octanol–water partition coefficient (Wildman–Crippen LogP) is 1.21. The zero-order valence-corrected chi connectivity index (χ0v) is 11.6. The third-order valence-corrected chi connectivity index (χ3v) is 4.36. The lowest BCUT2D eigenvalue weighted by Crippen LogP contribution is -2.43. The summed E-state index contributed by atoms with van der Waals surface area (Å²) in [7, 11) is -1.23. The number of nitrogens with one attached hydrogen (secondary N) is 1. The van der Waals surface area contributed by atoms with Gasteiger partial charge in [-0.3, -0.25) is 0 Å². The fourth-order valence-corrected chi connectivity index (χ4v) is 2.81. The van der Waals surface area contributed by atoms with Gasteiger partial charge in [0.15, 0.2) is 9.84 Å². The Morgan fingerprint density at radius 1 is 1.31 bits per heavy atom. The van der Waals surface area contributed by atoms with Gasteiger partial charge < -0.3 is 10.1 Å². The molecule has 0 saturated heterocycles. The molecule has 0 aliphatic rings. The molecule has 1 N–H and O–H groups in total. The molecule has 0 aromatic heterocycles. The van der Waals surface area contributed by atoms with Gasteiger partial charge in [-0.1, -0.05) is 20.3 Å². The lowest BCUT2D eigenvalue weighted by atomic mass is 10.1. The van der Waals surface area contributed by atoms with Crippen molar-refractivity contribution < 1.29 is 13.2 Å². The Morgan fingerprint density at radius 2 is 1.94 bits per heavy atom. The van der Waals surface area contributed by atoms with Gasteiger partial charge in [-0.2, -0.15) is 0 Å². The maximum atomic E-state index is 11.4. The Labute approximate surface area is 99.7 Å². The van der Waals surface area contributed by atoms with Crippen LogP contribution in [0.4, 0.5) is 0 Å². The summed E-state index contributed by atoms with van der Waals surface area (Å²) in [5, 5.41) is 3.31. The number of hydrogen-bond donors (Lipinski definition) is 1. The van der Waals surface area contributed by atoms with E-state index in [1.807, 2.05) is 6.92 Å². The van der Waals surface area contributed by atoms with Crippen molar-refractivity contribution in [2.24, 2.45) is 0 Å². The first-order chi connectivity index (χ1) is 7.45. The van der Waals surface area contributed by atoms with Crippen LogP contribution in [0.1, 0.15) is 33.6 Å². The molecule has 0 spiro atoms. The molecular formula is C11H25NO3S. The molecule has 2 atom stereocenters. The second-order valence-electron chi connectivity index (χ2n) is 4.21. The lowest BCUT2D eigenvalue weighted by Gasteiger charge is -2.22. The fourth-order valence-electron chi connectivity index (χ4n) is 1.71. The van der Waals surface area contributed by atoms with Crippen molar-refractivity contribution in [3.8, 4) is 0 Å². The number of sulfone groups is 1. The molecule has 0 aromatic carbocycles. The van der Waals surface area contributed by atoms with Crippen LogP contribution < -0.4 is 5.32 Å². The van der Waals surface area contributed by atoms with Crippen LogP contribution in [-0.4, -0.2) is 45.7 Å². The monoisotopic (exact) mass is 251 g/mol. The number of rotatable bonds is 9. The third kappa shape index (κ3) is 7.19. The highest BCUT2D eigenvalue weighted by atomic mass is 32.2. The van der Waals surface area contributed by atoms with Crippen molar-refractivity contribution in [2.75, 3.05) is 25.2 Å². The average molecular weight is 251 g/mol. The van der Waals surface area contributed by atoms with Crippen molar-refractivity contribution in [3.05, 3.63) is 0 Å². The van der Waals surface area contributed by atoms with E-state index < -0.39 is 9.84 Å². The quantitative estimate of drug-likeness (QED) is 0.669. The van der Waals surface area contributed by atoms with E-state index in [1.54, 1.807) is 14.0 Å². The molecule has 0 aliphatic carbocycles. The second kappa shape index (κ2) is 8.03. The minimum absolute atomic E-state index is 0.0170. The van der Waals surface area contributed by atoms with E-state index in [4.69, 9.17) is 4.74 Å². The van der Waals surface area contributed by atoms with Gasteiger partial charge in [0.05, 0.1) is 12.4 Å². The molecule has 0 fully saturated rings. The van der Waals surface area contributed by atoms with E-state index in [1.165, 1.54) is 0 Å². The highest BCUT2D eigenvalue weighted by Gasteiger charge is 2.16. The van der Waals surface area contributed by atoms with Crippen LogP contribution in [0, 0.1) is 0 Å². The molecule has 0 aromatic rings. The standard InChI is InChI=1S/C11H25NO3S/c1-5-7-11(8-15-4)12-10(3)9-16(13,14)6-2/h10-12H,5-9H2,1-4H3. The highest BCUT2D eigenvalue weighted by Crippen LogP contribution is 2.01. The highest BCUT2D eigenvalue weighted by molar-refractivity contribution is 7.91. The molecule has 2 unspecified atom stereocenters. The normalized spacial score (nSPS) is 16.0. The van der Waals surface area contributed by atoms with E-state index >= 15 is 0 Å². The Morgan fingerprint density at radius 3 is 2.38 bits per heavy atom. The number of hydrogen-bond acceptors (Lipinski definition) is 4. The molecule has 0 radical (unpaired) electrons. The topological polar surface area (TPSA) is 55.4 Å². The molecule has 98 valence electrons. The summed E-state index contributed by atoms with van der Waals surface area (Å²) in [6.07, 6.45) is 2.07. The van der Waals surface area contributed by atoms with Gasteiger partial charge in [0, 0.05) is 24.9 Å². The molecule has 0 aliphatic heterocycles. The predicted molar refractivity (Wildman–Crippen MR) is 67.5 cm³/mol. The van der Waals surface area contributed by atoms with Crippen molar-refractivity contribution in [3.63, 3.8) is 0 Å². The average Bonchev–Trinajstić information content (AvgIpc) is 2.17. The fraction of sp³-hybridized carbons (Fsp3) is 1.00. The van der Waals surface area contributed by atoms with Crippen LogP contribution in [-0.2, 0) is 14.6 Å². The summed E-state index contributed by atoms with van der Waals surface area (Å²) in [6, 6.07) is 0.230. The molecule has 0 rings (SSSR count). The van der Waals surface area contributed by atoms with Crippen LogP contribution >= 0.6 is 0 Å². The minimum atomic E-state index is -2.90. The molecule has 0 bridgehead atoms. The summed E-state index contributed by atoms with van der Waals surface area (Å²) in [6.45, 7) is 6.33. The molecule has 4 nitrogen and oxygen atoms in total. The maximum Gasteiger partial charge on any atom is 0.151 e. The van der Waals surface area contributed by atoms with Crippen molar-refractivity contribution in [1.29, 1.82) is 0 Å². The lowest BCUT2D eigenvalue weighted by molar-refractivity contribution is 0.158. The minimum Gasteiger partial charge on any atom is -0.383 e. The summed E-state index contributed by atoms with van der Waals surface area (Å²) in [5.74, 6) is 0.412. The smallest absolute Gasteiger partial charge is 0.151 e.